The van der Waals surface area contributed by atoms with Crippen LogP contribution in [0.15, 0.2) is 0 Å². The molecular formula is C43H75NO25. The SMILES string of the molecule is CCCO[C@@H]1OC(C)[C@H](O)[C@@H](O)C1O[C@@H]1OC(C)[C@H](O)[C@@H](O[C@H]2O[C@H](CO)[C@@H](O)C(O)C2O)C1O[C@@H]1CC(CO)[C@H](O)[C@H](O[C@@H]2OC(C)[C@H](O)[C@@H](O[C@@H]3OC(C)[C@H](O)[C@@H](O)C3O)C2C)C1NC(C)=O. The molecule has 26 nitrogen and oxygen atoms in total. The molecule has 6 fully saturated rings. The second kappa shape index (κ2) is 24.2. The van der Waals surface area contributed by atoms with E-state index in [0.717, 1.165) is 0 Å². The van der Waals surface area contributed by atoms with Gasteiger partial charge < -0.3 is 124 Å². The second-order valence-electron chi connectivity index (χ2n) is 19.1. The number of aliphatic hydroxyl groups excluding tert-OH is 13. The molecule has 402 valence electrons. The molecule has 0 aromatic carbocycles. The molecule has 0 aromatic heterocycles. The molecule has 30 atom stereocenters. The van der Waals surface area contributed by atoms with E-state index in [4.69, 9.17) is 52.1 Å². The molecule has 5 heterocycles. The van der Waals surface area contributed by atoms with Crippen LogP contribution in [0.5, 0.6) is 0 Å². The molecule has 0 spiro atoms. The highest BCUT2D eigenvalue weighted by Gasteiger charge is 2.57. The standard InChI is InChI=1S/C43H75NO25/c1-8-9-59-42-37(31(56)24(49)15(4)62-42)69-43-38(36(26(51)17(6)63-43)68-41-33(58)30(55)28(53)21(12-46)65-41)64-20-10-19(11-45)27(52)35(22(20)44-18(7)47)67-39-13(2)34(25(50)16(5)60-39)66-40-32(57)29(54)23(48)14(3)61-40/h13-17,19-43,45-46,48-58H,8-12H2,1-7H3,(H,44,47)/t13?,14?,15?,16?,17?,19?,20-,21-,22?,23+,24+,25+,26+,27+,28-,29-,30?,31-,32?,33?,34+,35-,36-,37?,38?,39+,40+,41-,42-,43+/m1/s1. The Morgan fingerprint density at radius 1 is 0.493 bits per heavy atom. The first-order valence-electron chi connectivity index (χ1n) is 23.7. The molecule has 14 N–H and O–H groups in total. The van der Waals surface area contributed by atoms with E-state index in [1.807, 2.05) is 6.92 Å². The van der Waals surface area contributed by atoms with Gasteiger partial charge in [0.2, 0.25) is 5.91 Å². The number of amides is 1. The Hall–Kier alpha value is -1.49. The molecule has 12 unspecified atom stereocenters. The Morgan fingerprint density at radius 2 is 0.986 bits per heavy atom. The molecule has 0 radical (unpaired) electrons. The summed E-state index contributed by atoms with van der Waals surface area (Å²) in [6.45, 7) is 9.05. The van der Waals surface area contributed by atoms with Gasteiger partial charge in [-0.25, -0.2) is 0 Å². The van der Waals surface area contributed by atoms with Gasteiger partial charge in [0.25, 0.3) is 0 Å². The van der Waals surface area contributed by atoms with Gasteiger partial charge in [0.15, 0.2) is 31.5 Å². The molecule has 26 heteroatoms. The Labute approximate surface area is 398 Å². The summed E-state index contributed by atoms with van der Waals surface area (Å²) < 4.78 is 67.2. The monoisotopic (exact) mass is 1010 g/mol. The zero-order chi connectivity index (χ0) is 50.9. The third kappa shape index (κ3) is 12.2. The van der Waals surface area contributed by atoms with Crippen molar-refractivity contribution in [2.75, 3.05) is 19.8 Å². The highest BCUT2D eigenvalue weighted by atomic mass is 16.8. The van der Waals surface area contributed by atoms with Gasteiger partial charge in [0, 0.05) is 32.0 Å². The number of carbonyl (C=O) groups is 1. The van der Waals surface area contributed by atoms with E-state index in [0.29, 0.717) is 6.42 Å². The summed E-state index contributed by atoms with van der Waals surface area (Å²) >= 11 is 0. The maximum Gasteiger partial charge on any atom is 0.217 e. The average Bonchev–Trinajstić information content (AvgIpc) is 3.31. The summed E-state index contributed by atoms with van der Waals surface area (Å²) in [5.74, 6) is -2.70. The number of hydrogen-bond acceptors (Lipinski definition) is 25. The third-order valence-electron chi connectivity index (χ3n) is 14.0. The molecule has 6 rings (SSSR count). The first-order chi connectivity index (χ1) is 32.5. The first-order valence-corrected chi connectivity index (χ1v) is 23.7. The van der Waals surface area contributed by atoms with Gasteiger partial charge in [0.1, 0.15) is 91.6 Å². The highest BCUT2D eigenvalue weighted by Crippen LogP contribution is 2.40. The molecule has 1 amide bonds. The van der Waals surface area contributed by atoms with Gasteiger partial charge in [-0.3, -0.25) is 4.79 Å². The lowest BCUT2D eigenvalue weighted by molar-refractivity contribution is -0.391. The minimum absolute atomic E-state index is 0.132. The number of nitrogens with one attached hydrogen (secondary N) is 1. The Morgan fingerprint density at radius 3 is 1.58 bits per heavy atom. The maximum absolute atomic E-state index is 13.1. The van der Waals surface area contributed by atoms with Gasteiger partial charge in [-0.15, -0.1) is 0 Å². The number of aliphatic hydroxyl groups is 13. The summed E-state index contributed by atoms with van der Waals surface area (Å²) in [6, 6.07) is -1.38. The van der Waals surface area contributed by atoms with E-state index >= 15 is 0 Å². The van der Waals surface area contributed by atoms with E-state index < -0.39 is 203 Å². The Bertz CT molecular complexity index is 1610. The number of carbonyl (C=O) groups excluding carboxylic acids is 1. The highest BCUT2D eigenvalue weighted by molar-refractivity contribution is 5.73. The molecule has 69 heavy (non-hydrogen) atoms. The van der Waals surface area contributed by atoms with Crippen molar-refractivity contribution in [3.63, 3.8) is 0 Å². The van der Waals surface area contributed by atoms with Crippen molar-refractivity contribution in [3.05, 3.63) is 0 Å². The van der Waals surface area contributed by atoms with Crippen LogP contribution in [-0.2, 0) is 56.9 Å². The molecule has 1 aliphatic carbocycles. The molecule has 1 saturated carbocycles. The number of ether oxygens (including phenoxy) is 11. The van der Waals surface area contributed by atoms with Crippen LogP contribution in [0.3, 0.4) is 0 Å². The van der Waals surface area contributed by atoms with Crippen molar-refractivity contribution in [3.8, 4) is 0 Å². The smallest absolute Gasteiger partial charge is 0.217 e. The van der Waals surface area contributed by atoms with Crippen LogP contribution in [0, 0.1) is 11.8 Å². The van der Waals surface area contributed by atoms with E-state index in [2.05, 4.69) is 5.32 Å². The summed E-state index contributed by atoms with van der Waals surface area (Å²) in [5.41, 5.74) is 0. The third-order valence-corrected chi connectivity index (χ3v) is 14.0. The van der Waals surface area contributed by atoms with Gasteiger partial charge in [-0.2, -0.15) is 0 Å². The van der Waals surface area contributed by atoms with Crippen molar-refractivity contribution in [1.82, 2.24) is 5.32 Å². The summed E-state index contributed by atoms with van der Waals surface area (Å²) in [5, 5.41) is 144. The lowest BCUT2D eigenvalue weighted by Gasteiger charge is -2.52. The fourth-order valence-electron chi connectivity index (χ4n) is 9.72. The summed E-state index contributed by atoms with van der Waals surface area (Å²) in [4.78, 5) is 13.1. The summed E-state index contributed by atoms with van der Waals surface area (Å²) in [7, 11) is 0. The minimum atomic E-state index is -1.97. The predicted octanol–water partition coefficient (Wildman–Crippen LogP) is -6.47. The van der Waals surface area contributed by atoms with E-state index in [1.165, 1.54) is 34.6 Å². The topological polar surface area (TPSA) is 394 Å². The average molecular weight is 1010 g/mol. The van der Waals surface area contributed by atoms with Crippen LogP contribution in [0.4, 0.5) is 0 Å². The maximum atomic E-state index is 13.1. The van der Waals surface area contributed by atoms with Gasteiger partial charge >= 0.3 is 0 Å². The van der Waals surface area contributed by atoms with Crippen LogP contribution in [0.2, 0.25) is 0 Å². The first kappa shape index (κ1) is 56.8. The molecule has 0 aromatic rings. The molecule has 5 saturated heterocycles. The van der Waals surface area contributed by atoms with Gasteiger partial charge in [-0.1, -0.05) is 13.8 Å². The van der Waals surface area contributed by atoms with Gasteiger partial charge in [-0.05, 0) is 40.5 Å². The van der Waals surface area contributed by atoms with Crippen LogP contribution < -0.4 is 5.32 Å². The number of hydrogen-bond donors (Lipinski definition) is 14. The minimum Gasteiger partial charge on any atom is -0.396 e. The Kier molecular flexibility index (Phi) is 20.0. The lowest BCUT2D eigenvalue weighted by Crippen LogP contribution is -2.69. The van der Waals surface area contributed by atoms with Crippen LogP contribution in [0.25, 0.3) is 0 Å². The largest absolute Gasteiger partial charge is 0.396 e. The van der Waals surface area contributed by atoms with Crippen molar-refractivity contribution in [2.24, 2.45) is 11.8 Å². The van der Waals surface area contributed by atoms with Crippen LogP contribution in [0.1, 0.15) is 61.3 Å². The molecule has 6 aliphatic rings. The molecule has 0 bridgehead atoms. The van der Waals surface area contributed by atoms with Crippen LogP contribution >= 0.6 is 0 Å². The zero-order valence-electron chi connectivity index (χ0n) is 39.6. The van der Waals surface area contributed by atoms with Crippen molar-refractivity contribution in [2.45, 2.75) is 233 Å². The summed E-state index contributed by atoms with van der Waals surface area (Å²) in [6.07, 6.45) is -40.5. The lowest BCUT2D eigenvalue weighted by atomic mass is 9.79. The van der Waals surface area contributed by atoms with Crippen LogP contribution in [-0.4, -0.2) is 264 Å². The predicted molar refractivity (Wildman–Crippen MR) is 226 cm³/mol. The van der Waals surface area contributed by atoms with Crippen molar-refractivity contribution in [1.29, 1.82) is 0 Å². The quantitative estimate of drug-likeness (QED) is 0.0684. The van der Waals surface area contributed by atoms with E-state index in [9.17, 15) is 71.2 Å². The second-order valence-corrected chi connectivity index (χ2v) is 19.1. The molecular weight excluding hydrogens is 930 g/mol. The van der Waals surface area contributed by atoms with E-state index in [1.54, 1.807) is 6.92 Å². The normalized spacial score (nSPS) is 52.1. The van der Waals surface area contributed by atoms with Crippen molar-refractivity contribution < 1.29 is 123 Å². The fraction of sp³-hybridized carbons (Fsp3) is 0.977. The van der Waals surface area contributed by atoms with E-state index in [-0.39, 0.29) is 13.0 Å². The fourth-order valence-corrected chi connectivity index (χ4v) is 9.72. The number of rotatable bonds is 16. The molecule has 5 aliphatic heterocycles. The zero-order valence-corrected chi connectivity index (χ0v) is 39.6. The van der Waals surface area contributed by atoms with Gasteiger partial charge in [0.05, 0.1) is 55.4 Å². The van der Waals surface area contributed by atoms with Crippen molar-refractivity contribution >= 4 is 5.91 Å². The Balaban J connectivity index is 1.35.